The molecule has 0 radical (unpaired) electrons. The molecule has 12 heteroatoms. The van der Waals surface area contributed by atoms with E-state index in [1.54, 1.807) is 6.92 Å². The van der Waals surface area contributed by atoms with Crippen molar-refractivity contribution in [1.29, 1.82) is 0 Å². The van der Waals surface area contributed by atoms with Crippen LogP contribution in [0.5, 0.6) is 11.5 Å². The zero-order chi connectivity index (χ0) is 24.4. The lowest BCUT2D eigenvalue weighted by Crippen LogP contribution is -2.52. The molecule has 0 bridgehead atoms. The number of alkyl halides is 2. The van der Waals surface area contributed by atoms with E-state index >= 15 is 0 Å². The number of hydrogen-bond acceptors (Lipinski definition) is 8. The highest BCUT2D eigenvalue weighted by Crippen LogP contribution is 2.37. The Morgan fingerprint density at radius 3 is 2.71 bits per heavy atom. The number of amides is 3. The van der Waals surface area contributed by atoms with Gasteiger partial charge in [-0.25, -0.2) is 4.98 Å². The van der Waals surface area contributed by atoms with Crippen molar-refractivity contribution in [2.75, 3.05) is 6.61 Å². The van der Waals surface area contributed by atoms with Crippen LogP contribution in [0.25, 0.3) is 11.5 Å². The minimum atomic E-state index is -3.02. The maximum absolute atomic E-state index is 12.9. The summed E-state index contributed by atoms with van der Waals surface area (Å²) in [7, 11) is 0. The number of carbonyl (C=O) groups excluding carboxylic acids is 3. The highest BCUT2D eigenvalue weighted by Gasteiger charge is 2.31. The monoisotopic (exact) mass is 478 g/mol. The fraction of sp³-hybridized carbons (Fsp3) is 0.455. The molecule has 10 nitrogen and oxygen atoms in total. The van der Waals surface area contributed by atoms with Gasteiger partial charge in [-0.1, -0.05) is 0 Å². The first-order valence-corrected chi connectivity index (χ1v) is 10.8. The molecule has 1 aliphatic heterocycles. The third kappa shape index (κ3) is 5.50. The first-order valence-electron chi connectivity index (χ1n) is 10.8. The van der Waals surface area contributed by atoms with Crippen LogP contribution in [-0.4, -0.2) is 42.0 Å². The molecule has 4 rings (SSSR count). The largest absolute Gasteiger partial charge is 0.489 e. The molecule has 34 heavy (non-hydrogen) atoms. The quantitative estimate of drug-likeness (QED) is 0.466. The van der Waals surface area contributed by atoms with Crippen molar-refractivity contribution in [3.63, 3.8) is 0 Å². The molecule has 1 aliphatic carbocycles. The van der Waals surface area contributed by atoms with Crippen molar-refractivity contribution >= 4 is 17.7 Å². The Bertz CT molecular complexity index is 1100. The standard InChI is InChI=1S/C22H24F2N4O6/c1-10(25)18-17(20(31)26-13-5-7-16(29)27-19(13)30)28-21(34-18)12-4-6-14(33-22(23)24)15(8-12)32-9-11-2-3-11/h4,6,8,10-11,13,22H,2-3,5,7,9,25H2,1H3,(H,26,31)(H,27,29,30)/t10-,13?/m0/s1. The maximum atomic E-state index is 12.9. The molecule has 2 heterocycles. The van der Waals surface area contributed by atoms with Crippen LogP contribution in [0.4, 0.5) is 8.78 Å². The molecule has 1 aromatic heterocycles. The Labute approximate surface area is 193 Å². The molecule has 1 aromatic carbocycles. The summed E-state index contributed by atoms with van der Waals surface area (Å²) in [6.45, 7) is -1.07. The van der Waals surface area contributed by atoms with Crippen LogP contribution in [0, 0.1) is 5.92 Å². The van der Waals surface area contributed by atoms with Gasteiger partial charge in [0, 0.05) is 12.0 Å². The van der Waals surface area contributed by atoms with Crippen LogP contribution in [-0.2, 0) is 9.59 Å². The number of halogens is 2. The van der Waals surface area contributed by atoms with Gasteiger partial charge in [0.15, 0.2) is 23.0 Å². The van der Waals surface area contributed by atoms with Crippen molar-refractivity contribution in [3.8, 4) is 23.0 Å². The van der Waals surface area contributed by atoms with Crippen molar-refractivity contribution in [2.45, 2.75) is 51.3 Å². The van der Waals surface area contributed by atoms with Crippen LogP contribution in [0.3, 0.4) is 0 Å². The lowest BCUT2D eigenvalue weighted by Gasteiger charge is -2.21. The van der Waals surface area contributed by atoms with E-state index in [4.69, 9.17) is 14.9 Å². The number of piperidine rings is 1. The molecular weight excluding hydrogens is 454 g/mol. The number of nitrogens with one attached hydrogen (secondary N) is 2. The summed E-state index contributed by atoms with van der Waals surface area (Å²) in [4.78, 5) is 40.4. The number of hydrogen-bond donors (Lipinski definition) is 3. The molecule has 1 unspecified atom stereocenters. The zero-order valence-corrected chi connectivity index (χ0v) is 18.3. The average molecular weight is 478 g/mol. The van der Waals surface area contributed by atoms with Gasteiger partial charge in [-0.15, -0.1) is 0 Å². The van der Waals surface area contributed by atoms with Gasteiger partial charge in [0.2, 0.25) is 17.7 Å². The van der Waals surface area contributed by atoms with Crippen LogP contribution in [0.15, 0.2) is 22.6 Å². The number of rotatable bonds is 9. The molecule has 4 N–H and O–H groups in total. The van der Waals surface area contributed by atoms with Gasteiger partial charge in [-0.2, -0.15) is 8.78 Å². The topological polar surface area (TPSA) is 146 Å². The van der Waals surface area contributed by atoms with Gasteiger partial charge >= 0.3 is 6.61 Å². The number of aromatic nitrogens is 1. The molecular formula is C22H24F2N4O6. The summed E-state index contributed by atoms with van der Waals surface area (Å²) in [5.41, 5.74) is 6.19. The number of nitrogens with zero attached hydrogens (tertiary/aromatic N) is 1. The molecule has 2 atom stereocenters. The fourth-order valence-electron chi connectivity index (χ4n) is 3.42. The number of carbonyl (C=O) groups is 3. The summed E-state index contributed by atoms with van der Waals surface area (Å²) in [6.07, 6.45) is 2.27. The summed E-state index contributed by atoms with van der Waals surface area (Å²) in [5, 5.41) is 4.70. The Hall–Kier alpha value is -3.54. The van der Waals surface area contributed by atoms with Gasteiger partial charge in [0.25, 0.3) is 5.91 Å². The molecule has 182 valence electrons. The Morgan fingerprint density at radius 1 is 1.29 bits per heavy atom. The van der Waals surface area contributed by atoms with E-state index in [1.807, 2.05) is 0 Å². The van der Waals surface area contributed by atoms with E-state index in [-0.39, 0.29) is 41.7 Å². The third-order valence-electron chi connectivity index (χ3n) is 5.40. The van der Waals surface area contributed by atoms with Crippen molar-refractivity contribution in [1.82, 2.24) is 15.6 Å². The van der Waals surface area contributed by atoms with E-state index in [0.29, 0.717) is 18.1 Å². The molecule has 2 fully saturated rings. The highest BCUT2D eigenvalue weighted by atomic mass is 19.3. The van der Waals surface area contributed by atoms with E-state index in [0.717, 1.165) is 12.8 Å². The molecule has 1 saturated carbocycles. The second-order valence-corrected chi connectivity index (χ2v) is 8.29. The lowest BCUT2D eigenvalue weighted by atomic mass is 10.1. The van der Waals surface area contributed by atoms with Crippen molar-refractivity contribution in [2.24, 2.45) is 11.7 Å². The minimum Gasteiger partial charge on any atom is -0.489 e. The lowest BCUT2D eigenvalue weighted by molar-refractivity contribution is -0.134. The molecule has 2 aliphatic rings. The predicted molar refractivity (Wildman–Crippen MR) is 113 cm³/mol. The first-order chi connectivity index (χ1) is 16.2. The Kier molecular flexibility index (Phi) is 6.77. The molecule has 3 amide bonds. The summed E-state index contributed by atoms with van der Waals surface area (Å²) < 4.78 is 41.5. The second kappa shape index (κ2) is 9.75. The molecule has 2 aromatic rings. The Balaban J connectivity index is 1.59. The highest BCUT2D eigenvalue weighted by molar-refractivity contribution is 6.03. The van der Waals surface area contributed by atoms with E-state index in [1.165, 1.54) is 18.2 Å². The fourth-order valence-corrected chi connectivity index (χ4v) is 3.42. The smallest absolute Gasteiger partial charge is 0.387 e. The van der Waals surface area contributed by atoms with Gasteiger partial charge < -0.3 is 24.9 Å². The average Bonchev–Trinajstić information content (AvgIpc) is 3.49. The molecule has 1 saturated heterocycles. The van der Waals surface area contributed by atoms with Gasteiger partial charge in [0.1, 0.15) is 6.04 Å². The number of ether oxygens (including phenoxy) is 2. The zero-order valence-electron chi connectivity index (χ0n) is 18.3. The van der Waals surface area contributed by atoms with E-state index in [2.05, 4.69) is 20.4 Å². The van der Waals surface area contributed by atoms with Gasteiger partial charge in [0.05, 0.1) is 12.6 Å². The van der Waals surface area contributed by atoms with Gasteiger partial charge in [-0.3, -0.25) is 19.7 Å². The van der Waals surface area contributed by atoms with Crippen LogP contribution in [0.2, 0.25) is 0 Å². The van der Waals surface area contributed by atoms with Crippen LogP contribution < -0.4 is 25.8 Å². The number of nitrogens with two attached hydrogens (primary N) is 1. The van der Waals surface area contributed by atoms with E-state index in [9.17, 15) is 23.2 Å². The first kappa shape index (κ1) is 23.6. The summed E-state index contributed by atoms with van der Waals surface area (Å²) >= 11 is 0. The SMILES string of the molecule is C[C@H](N)c1oc(-c2ccc(OC(F)F)c(OCC3CC3)c2)nc1C(=O)NC1CCC(=O)NC1=O. The number of imide groups is 1. The van der Waals surface area contributed by atoms with Crippen molar-refractivity contribution < 1.29 is 37.1 Å². The predicted octanol–water partition coefficient (Wildman–Crippen LogP) is 2.29. The summed E-state index contributed by atoms with van der Waals surface area (Å²) in [6, 6.07) is 2.58. The maximum Gasteiger partial charge on any atom is 0.387 e. The van der Waals surface area contributed by atoms with Gasteiger partial charge in [-0.05, 0) is 50.3 Å². The van der Waals surface area contributed by atoms with E-state index < -0.39 is 36.4 Å². The number of oxazole rings is 1. The third-order valence-corrected chi connectivity index (χ3v) is 5.40. The number of benzene rings is 1. The van der Waals surface area contributed by atoms with Crippen molar-refractivity contribution in [3.05, 3.63) is 29.7 Å². The normalized spacial score (nSPS) is 19.0. The second-order valence-electron chi connectivity index (χ2n) is 8.29. The molecule has 0 spiro atoms. The Morgan fingerprint density at radius 2 is 2.06 bits per heavy atom. The minimum absolute atomic E-state index is 0.0144. The van der Waals surface area contributed by atoms with Crippen LogP contribution >= 0.6 is 0 Å². The van der Waals surface area contributed by atoms with Crippen LogP contribution in [0.1, 0.15) is 54.9 Å². The summed E-state index contributed by atoms with van der Waals surface area (Å²) in [5.74, 6) is -1.28.